The summed E-state index contributed by atoms with van der Waals surface area (Å²) in [5.74, 6) is 1.13. The van der Waals surface area contributed by atoms with E-state index in [0.29, 0.717) is 11.8 Å². The van der Waals surface area contributed by atoms with Gasteiger partial charge in [0.05, 0.1) is 0 Å². The van der Waals surface area contributed by atoms with Gasteiger partial charge in [-0.1, -0.05) is 78.9 Å². The molecule has 0 heteroatoms. The standard InChI is InChI=1S/C24H20/c1-2-7-18(8-3-1)23-15-22-13-12-21(23)16-24(22)20-11-10-17-6-4-5-9-19(17)14-20/h1-11,14-16,21-22H,12-13H2/t21-,22-/m1/s1. The van der Waals surface area contributed by atoms with E-state index in [1.165, 1.54) is 45.9 Å². The fraction of sp³-hybridized carbons (Fsp3) is 0.167. The Kier molecular flexibility index (Phi) is 3.16. The summed E-state index contributed by atoms with van der Waals surface area (Å²) in [4.78, 5) is 0. The van der Waals surface area contributed by atoms with Crippen LogP contribution in [0.25, 0.3) is 21.9 Å². The van der Waals surface area contributed by atoms with Gasteiger partial charge in [0.1, 0.15) is 0 Å². The Bertz CT molecular complexity index is 960. The zero-order chi connectivity index (χ0) is 15.9. The van der Waals surface area contributed by atoms with Crippen molar-refractivity contribution in [2.24, 2.45) is 11.8 Å². The lowest BCUT2D eigenvalue weighted by Crippen LogP contribution is -2.20. The molecule has 116 valence electrons. The summed E-state index contributed by atoms with van der Waals surface area (Å²) in [6.45, 7) is 0. The highest BCUT2D eigenvalue weighted by Gasteiger charge is 2.30. The summed E-state index contributed by atoms with van der Waals surface area (Å²) in [5.41, 5.74) is 5.83. The highest BCUT2D eigenvalue weighted by molar-refractivity contribution is 5.89. The summed E-state index contributed by atoms with van der Waals surface area (Å²) in [6.07, 6.45) is 7.61. The van der Waals surface area contributed by atoms with Crippen LogP contribution >= 0.6 is 0 Å². The van der Waals surface area contributed by atoms with E-state index in [-0.39, 0.29) is 0 Å². The largest absolute Gasteiger partial charge is 0.0726 e. The molecule has 6 rings (SSSR count). The van der Waals surface area contributed by atoms with Crippen molar-refractivity contribution in [3.63, 3.8) is 0 Å². The Morgan fingerprint density at radius 2 is 1.17 bits per heavy atom. The Labute approximate surface area is 143 Å². The minimum Gasteiger partial charge on any atom is -0.0726 e. The summed E-state index contributed by atoms with van der Waals surface area (Å²) in [5, 5.41) is 2.66. The van der Waals surface area contributed by atoms with Crippen molar-refractivity contribution in [3.8, 4) is 0 Å². The van der Waals surface area contributed by atoms with Crippen molar-refractivity contribution in [1.82, 2.24) is 0 Å². The van der Waals surface area contributed by atoms with Crippen molar-refractivity contribution in [1.29, 1.82) is 0 Å². The molecule has 0 unspecified atom stereocenters. The topological polar surface area (TPSA) is 0 Å². The molecule has 3 aliphatic carbocycles. The number of fused-ring (bicyclic) bond motifs is 2. The third-order valence-corrected chi connectivity index (χ3v) is 5.54. The summed E-state index contributed by atoms with van der Waals surface area (Å²) < 4.78 is 0. The van der Waals surface area contributed by atoms with Gasteiger partial charge >= 0.3 is 0 Å². The van der Waals surface area contributed by atoms with E-state index in [1.807, 2.05) is 0 Å². The van der Waals surface area contributed by atoms with Crippen LogP contribution in [-0.4, -0.2) is 0 Å². The zero-order valence-electron chi connectivity index (χ0n) is 13.7. The van der Waals surface area contributed by atoms with Crippen LogP contribution in [0.2, 0.25) is 0 Å². The van der Waals surface area contributed by atoms with E-state index in [2.05, 4.69) is 84.9 Å². The molecular weight excluding hydrogens is 288 g/mol. The number of allylic oxidation sites excluding steroid dienone is 4. The first-order valence-corrected chi connectivity index (χ1v) is 8.86. The van der Waals surface area contributed by atoms with Crippen LogP contribution in [0.4, 0.5) is 0 Å². The second-order valence-corrected chi connectivity index (χ2v) is 6.96. The predicted molar refractivity (Wildman–Crippen MR) is 103 cm³/mol. The van der Waals surface area contributed by atoms with Gasteiger partial charge in [0.25, 0.3) is 0 Å². The van der Waals surface area contributed by atoms with Crippen molar-refractivity contribution < 1.29 is 0 Å². The van der Waals surface area contributed by atoms with Gasteiger partial charge in [0, 0.05) is 11.8 Å². The number of hydrogen-bond acceptors (Lipinski definition) is 0. The fourth-order valence-corrected chi connectivity index (χ4v) is 4.32. The number of rotatable bonds is 2. The molecule has 0 saturated carbocycles. The lowest BCUT2D eigenvalue weighted by molar-refractivity contribution is 0.556. The Balaban J connectivity index is 1.55. The van der Waals surface area contributed by atoms with Crippen molar-refractivity contribution in [2.75, 3.05) is 0 Å². The van der Waals surface area contributed by atoms with Gasteiger partial charge in [-0.25, -0.2) is 0 Å². The molecule has 0 saturated heterocycles. The second kappa shape index (κ2) is 5.49. The molecule has 2 bridgehead atoms. The van der Waals surface area contributed by atoms with Crippen molar-refractivity contribution >= 4 is 21.9 Å². The van der Waals surface area contributed by atoms with Crippen molar-refractivity contribution in [2.45, 2.75) is 12.8 Å². The summed E-state index contributed by atoms with van der Waals surface area (Å²) >= 11 is 0. The fourth-order valence-electron chi connectivity index (χ4n) is 4.32. The summed E-state index contributed by atoms with van der Waals surface area (Å²) in [6, 6.07) is 26.4. The first-order chi connectivity index (χ1) is 11.9. The molecule has 0 aliphatic heterocycles. The van der Waals surface area contributed by atoms with Crippen molar-refractivity contribution in [3.05, 3.63) is 96.1 Å². The summed E-state index contributed by atoms with van der Waals surface area (Å²) in [7, 11) is 0. The third-order valence-electron chi connectivity index (χ3n) is 5.54. The van der Waals surface area contributed by atoms with Crippen LogP contribution in [0.15, 0.2) is 84.9 Å². The van der Waals surface area contributed by atoms with Crippen LogP contribution in [0.3, 0.4) is 0 Å². The van der Waals surface area contributed by atoms with E-state index in [1.54, 1.807) is 0 Å². The molecule has 0 spiro atoms. The van der Waals surface area contributed by atoms with E-state index < -0.39 is 0 Å². The van der Waals surface area contributed by atoms with Gasteiger partial charge in [0.2, 0.25) is 0 Å². The van der Waals surface area contributed by atoms with Crippen LogP contribution in [0, 0.1) is 11.8 Å². The molecule has 0 fully saturated rings. The molecule has 0 amide bonds. The smallest absolute Gasteiger partial charge is 0.00275 e. The Hall–Kier alpha value is -2.60. The lowest BCUT2D eigenvalue weighted by Gasteiger charge is -2.35. The second-order valence-electron chi connectivity index (χ2n) is 6.96. The molecule has 3 aliphatic rings. The molecule has 2 atom stereocenters. The SMILES string of the molecule is C1=C(c2ccccc2)[C@H]2C=C(c3ccc4ccccc4c3)[C@@H]1CC2. The van der Waals surface area contributed by atoms with E-state index in [4.69, 9.17) is 0 Å². The molecular formula is C24H20. The van der Waals surface area contributed by atoms with E-state index in [9.17, 15) is 0 Å². The van der Waals surface area contributed by atoms with Crippen LogP contribution in [0.1, 0.15) is 24.0 Å². The maximum atomic E-state index is 2.53. The minimum atomic E-state index is 0.561. The predicted octanol–water partition coefficient (Wildman–Crippen LogP) is 6.35. The molecule has 3 aromatic rings. The first kappa shape index (κ1) is 13.8. The van der Waals surface area contributed by atoms with Gasteiger partial charge < -0.3 is 0 Å². The minimum absolute atomic E-state index is 0.561. The monoisotopic (exact) mass is 308 g/mol. The molecule has 0 N–H and O–H groups in total. The van der Waals surface area contributed by atoms with Crippen LogP contribution < -0.4 is 0 Å². The van der Waals surface area contributed by atoms with Crippen LogP contribution in [-0.2, 0) is 0 Å². The molecule has 3 aromatic carbocycles. The number of benzene rings is 3. The van der Waals surface area contributed by atoms with E-state index in [0.717, 1.165) is 0 Å². The normalized spacial score (nSPS) is 22.3. The highest BCUT2D eigenvalue weighted by Crippen LogP contribution is 2.47. The van der Waals surface area contributed by atoms with Gasteiger partial charge in [-0.05, 0) is 52.0 Å². The Morgan fingerprint density at radius 3 is 1.88 bits per heavy atom. The maximum Gasteiger partial charge on any atom is 0.00275 e. The van der Waals surface area contributed by atoms with Gasteiger partial charge in [-0.3, -0.25) is 0 Å². The average molecular weight is 308 g/mol. The van der Waals surface area contributed by atoms with Gasteiger partial charge in [0.15, 0.2) is 0 Å². The number of hydrogen-bond donors (Lipinski definition) is 0. The van der Waals surface area contributed by atoms with E-state index >= 15 is 0 Å². The average Bonchev–Trinajstić information content (AvgIpc) is 2.68. The zero-order valence-corrected chi connectivity index (χ0v) is 13.7. The molecule has 24 heavy (non-hydrogen) atoms. The van der Waals surface area contributed by atoms with Gasteiger partial charge in [-0.2, -0.15) is 0 Å². The third kappa shape index (κ3) is 2.22. The maximum absolute atomic E-state index is 2.53. The van der Waals surface area contributed by atoms with Gasteiger partial charge in [-0.15, -0.1) is 0 Å². The lowest BCUT2D eigenvalue weighted by atomic mass is 9.69. The molecule has 0 radical (unpaired) electrons. The highest BCUT2D eigenvalue weighted by atomic mass is 14.3. The quantitative estimate of drug-likeness (QED) is 0.517. The Morgan fingerprint density at radius 1 is 0.542 bits per heavy atom. The molecule has 0 nitrogen and oxygen atoms in total. The molecule has 0 heterocycles. The first-order valence-electron chi connectivity index (χ1n) is 8.86. The molecule has 0 aromatic heterocycles. The van der Waals surface area contributed by atoms with Crippen LogP contribution in [0.5, 0.6) is 0 Å².